The molecule has 3 unspecified atom stereocenters. The molecule has 2 aliphatic carbocycles. The summed E-state index contributed by atoms with van der Waals surface area (Å²) >= 11 is 0. The number of sulfonamides is 1. The highest BCUT2D eigenvalue weighted by molar-refractivity contribution is 7.89. The SMILES string of the molecule is O=S(=O)(NC1CCCC2CCCCC21)c1cn[nH]c1. The van der Waals surface area contributed by atoms with Crippen LogP contribution in [0, 0.1) is 11.8 Å². The molecule has 2 fully saturated rings. The zero-order valence-electron chi connectivity index (χ0n) is 11.0. The lowest BCUT2D eigenvalue weighted by Crippen LogP contribution is -2.46. The number of rotatable bonds is 3. The normalized spacial score (nSPS) is 31.9. The van der Waals surface area contributed by atoms with Crippen molar-refractivity contribution in [3.8, 4) is 0 Å². The largest absolute Gasteiger partial charge is 0.284 e. The maximum Gasteiger partial charge on any atom is 0.243 e. The van der Waals surface area contributed by atoms with Crippen LogP contribution in [-0.2, 0) is 10.0 Å². The van der Waals surface area contributed by atoms with Gasteiger partial charge >= 0.3 is 0 Å². The first-order valence-electron chi connectivity index (χ1n) is 7.18. The van der Waals surface area contributed by atoms with E-state index >= 15 is 0 Å². The Bertz CT molecular complexity index is 510. The minimum Gasteiger partial charge on any atom is -0.284 e. The quantitative estimate of drug-likeness (QED) is 0.891. The molecule has 5 nitrogen and oxygen atoms in total. The predicted octanol–water partition coefficient (Wildman–Crippen LogP) is 2.05. The van der Waals surface area contributed by atoms with E-state index in [1.165, 1.54) is 44.5 Å². The van der Waals surface area contributed by atoms with Gasteiger partial charge in [0, 0.05) is 12.2 Å². The van der Waals surface area contributed by atoms with Gasteiger partial charge in [-0.05, 0) is 24.7 Å². The lowest BCUT2D eigenvalue weighted by Gasteiger charge is -2.41. The molecule has 1 aromatic rings. The zero-order valence-corrected chi connectivity index (χ0v) is 11.8. The maximum atomic E-state index is 12.3. The van der Waals surface area contributed by atoms with Gasteiger partial charge in [-0.15, -0.1) is 0 Å². The first-order valence-corrected chi connectivity index (χ1v) is 8.66. The molecule has 0 aliphatic heterocycles. The Labute approximate surface area is 114 Å². The van der Waals surface area contributed by atoms with Crippen LogP contribution in [0.2, 0.25) is 0 Å². The van der Waals surface area contributed by atoms with Crippen molar-refractivity contribution in [2.75, 3.05) is 0 Å². The van der Waals surface area contributed by atoms with Crippen LogP contribution in [-0.4, -0.2) is 24.7 Å². The van der Waals surface area contributed by atoms with E-state index in [-0.39, 0.29) is 10.9 Å². The van der Waals surface area contributed by atoms with Gasteiger partial charge in [-0.25, -0.2) is 13.1 Å². The Balaban J connectivity index is 1.75. The molecule has 2 N–H and O–H groups in total. The third-order valence-electron chi connectivity index (χ3n) is 4.66. The summed E-state index contributed by atoms with van der Waals surface area (Å²) in [5.74, 6) is 1.25. The maximum absolute atomic E-state index is 12.3. The average molecular weight is 283 g/mol. The van der Waals surface area contributed by atoms with Crippen molar-refractivity contribution in [2.24, 2.45) is 11.8 Å². The molecule has 2 aliphatic rings. The molecule has 19 heavy (non-hydrogen) atoms. The van der Waals surface area contributed by atoms with Gasteiger partial charge in [0.15, 0.2) is 0 Å². The van der Waals surface area contributed by atoms with Crippen molar-refractivity contribution in [3.63, 3.8) is 0 Å². The van der Waals surface area contributed by atoms with Crippen LogP contribution in [0.4, 0.5) is 0 Å². The number of nitrogens with zero attached hydrogens (tertiary/aromatic N) is 1. The third-order valence-corrected chi connectivity index (χ3v) is 6.12. The lowest BCUT2D eigenvalue weighted by atomic mass is 9.69. The molecular formula is C13H21N3O2S. The molecule has 3 atom stereocenters. The van der Waals surface area contributed by atoms with Crippen molar-refractivity contribution < 1.29 is 8.42 Å². The predicted molar refractivity (Wildman–Crippen MR) is 72.0 cm³/mol. The summed E-state index contributed by atoms with van der Waals surface area (Å²) < 4.78 is 27.4. The van der Waals surface area contributed by atoms with Crippen LogP contribution in [0.25, 0.3) is 0 Å². The van der Waals surface area contributed by atoms with E-state index in [4.69, 9.17) is 0 Å². The van der Waals surface area contributed by atoms with Gasteiger partial charge in [-0.2, -0.15) is 5.10 Å². The minimum absolute atomic E-state index is 0.110. The number of aromatic amines is 1. The van der Waals surface area contributed by atoms with E-state index in [9.17, 15) is 8.42 Å². The average Bonchev–Trinajstić information content (AvgIpc) is 2.93. The summed E-state index contributed by atoms with van der Waals surface area (Å²) in [4.78, 5) is 0.241. The fourth-order valence-electron chi connectivity index (χ4n) is 3.74. The molecule has 1 heterocycles. The highest BCUT2D eigenvalue weighted by Gasteiger charge is 2.37. The Hall–Kier alpha value is -0.880. The fourth-order valence-corrected chi connectivity index (χ4v) is 4.96. The van der Waals surface area contributed by atoms with Crippen LogP contribution >= 0.6 is 0 Å². The van der Waals surface area contributed by atoms with Crippen LogP contribution in [0.15, 0.2) is 17.3 Å². The molecule has 106 valence electrons. The fraction of sp³-hybridized carbons (Fsp3) is 0.769. The van der Waals surface area contributed by atoms with Gasteiger partial charge in [0.25, 0.3) is 0 Å². The molecule has 0 bridgehead atoms. The molecule has 0 radical (unpaired) electrons. The van der Waals surface area contributed by atoms with E-state index < -0.39 is 10.0 Å². The highest BCUT2D eigenvalue weighted by atomic mass is 32.2. The summed E-state index contributed by atoms with van der Waals surface area (Å²) in [5, 5.41) is 6.28. The first kappa shape index (κ1) is 13.1. The Morgan fingerprint density at radius 1 is 1.16 bits per heavy atom. The number of hydrogen-bond donors (Lipinski definition) is 2. The second kappa shape index (κ2) is 5.25. The van der Waals surface area contributed by atoms with E-state index in [0.717, 1.165) is 18.8 Å². The van der Waals surface area contributed by atoms with Crippen LogP contribution < -0.4 is 4.72 Å². The van der Waals surface area contributed by atoms with E-state index in [2.05, 4.69) is 14.9 Å². The van der Waals surface area contributed by atoms with Crippen LogP contribution in [0.5, 0.6) is 0 Å². The molecule has 6 heteroatoms. The van der Waals surface area contributed by atoms with Crippen molar-refractivity contribution in [2.45, 2.75) is 55.9 Å². The Morgan fingerprint density at radius 2 is 1.95 bits per heavy atom. The molecule has 3 rings (SSSR count). The second-order valence-electron chi connectivity index (χ2n) is 5.80. The summed E-state index contributed by atoms with van der Waals surface area (Å²) in [7, 11) is -3.41. The van der Waals surface area contributed by atoms with Gasteiger partial charge in [0.2, 0.25) is 10.0 Å². The summed E-state index contributed by atoms with van der Waals surface area (Å²) in [6.07, 6.45) is 11.2. The minimum atomic E-state index is -3.41. The first-order chi connectivity index (χ1) is 9.17. The standard InChI is InChI=1S/C13H21N3O2S/c17-19(18,11-8-14-15-9-11)16-13-7-3-5-10-4-1-2-6-12(10)13/h8-10,12-13,16H,1-7H2,(H,14,15). The van der Waals surface area contributed by atoms with E-state index in [1.54, 1.807) is 0 Å². The smallest absolute Gasteiger partial charge is 0.243 e. The van der Waals surface area contributed by atoms with Crippen molar-refractivity contribution >= 4 is 10.0 Å². The topological polar surface area (TPSA) is 74.8 Å². The highest BCUT2D eigenvalue weighted by Crippen LogP contribution is 2.40. The van der Waals surface area contributed by atoms with Gasteiger partial charge < -0.3 is 0 Å². The monoisotopic (exact) mass is 283 g/mol. The Morgan fingerprint density at radius 3 is 2.74 bits per heavy atom. The second-order valence-corrected chi connectivity index (χ2v) is 7.52. The molecule has 0 aromatic carbocycles. The molecule has 1 aromatic heterocycles. The van der Waals surface area contributed by atoms with Gasteiger partial charge in [0.05, 0.1) is 6.20 Å². The Kier molecular flexibility index (Phi) is 3.62. The van der Waals surface area contributed by atoms with E-state index in [1.807, 2.05) is 0 Å². The van der Waals surface area contributed by atoms with Crippen LogP contribution in [0.3, 0.4) is 0 Å². The van der Waals surface area contributed by atoms with Gasteiger partial charge in [-0.3, -0.25) is 5.10 Å². The summed E-state index contributed by atoms with van der Waals surface area (Å²) in [5.41, 5.74) is 0. The number of aromatic nitrogens is 2. The molecule has 2 saturated carbocycles. The number of nitrogens with one attached hydrogen (secondary N) is 2. The van der Waals surface area contributed by atoms with E-state index in [0.29, 0.717) is 5.92 Å². The van der Waals surface area contributed by atoms with Crippen molar-refractivity contribution in [1.29, 1.82) is 0 Å². The van der Waals surface area contributed by atoms with Gasteiger partial charge in [0.1, 0.15) is 4.90 Å². The van der Waals surface area contributed by atoms with Crippen molar-refractivity contribution in [1.82, 2.24) is 14.9 Å². The number of H-pyrrole nitrogens is 1. The number of fused-ring (bicyclic) bond motifs is 1. The molecule has 0 saturated heterocycles. The number of hydrogen-bond acceptors (Lipinski definition) is 3. The molecule has 0 spiro atoms. The zero-order chi connectivity index (χ0) is 13.3. The van der Waals surface area contributed by atoms with Crippen molar-refractivity contribution in [3.05, 3.63) is 12.4 Å². The van der Waals surface area contributed by atoms with Gasteiger partial charge in [-0.1, -0.05) is 32.1 Å². The summed E-state index contributed by atoms with van der Waals surface area (Å²) in [6, 6.07) is 0.110. The summed E-state index contributed by atoms with van der Waals surface area (Å²) in [6.45, 7) is 0. The molecular weight excluding hydrogens is 262 g/mol. The van der Waals surface area contributed by atoms with Crippen LogP contribution in [0.1, 0.15) is 44.9 Å². The molecule has 0 amide bonds. The lowest BCUT2D eigenvalue weighted by molar-refractivity contribution is 0.138. The third kappa shape index (κ3) is 2.69.